The van der Waals surface area contributed by atoms with Gasteiger partial charge in [-0.2, -0.15) is 0 Å². The van der Waals surface area contributed by atoms with Crippen LogP contribution in [0.3, 0.4) is 0 Å². The van der Waals surface area contributed by atoms with Crippen molar-refractivity contribution >= 4 is 17.8 Å². The number of hydrogen-bond acceptors (Lipinski definition) is 4. The smallest absolute Gasteiger partial charge is 0.444 e. The predicted molar refractivity (Wildman–Crippen MR) is 84.4 cm³/mol. The van der Waals surface area contributed by atoms with Crippen molar-refractivity contribution in [1.82, 2.24) is 10.6 Å². The number of hydrogen-bond donors (Lipinski definition) is 3. The number of halogens is 3. The Morgan fingerprint density at radius 3 is 2.08 bits per heavy atom. The fourth-order valence-electron chi connectivity index (χ4n) is 1.57. The highest BCUT2D eigenvalue weighted by Gasteiger charge is 2.30. The summed E-state index contributed by atoms with van der Waals surface area (Å²) in [5.74, 6) is -0.389. The van der Waals surface area contributed by atoms with Gasteiger partial charge in [-0.3, -0.25) is 0 Å². The minimum atomic E-state index is -4.77. The number of anilines is 1. The van der Waals surface area contributed by atoms with E-state index < -0.39 is 24.1 Å². The normalized spacial score (nSPS) is 11.4. The van der Waals surface area contributed by atoms with Gasteiger partial charge in [0.15, 0.2) is 0 Å². The number of amides is 3. The van der Waals surface area contributed by atoms with Gasteiger partial charge in [0.05, 0.1) is 0 Å². The van der Waals surface area contributed by atoms with Crippen LogP contribution in [0.25, 0.3) is 0 Å². The molecule has 25 heavy (non-hydrogen) atoms. The van der Waals surface area contributed by atoms with Crippen molar-refractivity contribution in [1.29, 1.82) is 0 Å². The molecule has 0 saturated heterocycles. The second kappa shape index (κ2) is 8.45. The third kappa shape index (κ3) is 9.95. The zero-order chi connectivity index (χ0) is 19.1. The highest BCUT2D eigenvalue weighted by atomic mass is 19.4. The minimum absolute atomic E-state index is 0.139. The molecule has 3 amide bonds. The van der Waals surface area contributed by atoms with Gasteiger partial charge in [0.1, 0.15) is 11.4 Å². The topological polar surface area (TPSA) is 88.7 Å². The predicted octanol–water partition coefficient (Wildman–Crippen LogP) is 3.23. The van der Waals surface area contributed by atoms with Crippen LogP contribution in [0.4, 0.5) is 28.4 Å². The molecule has 3 N–H and O–H groups in total. The lowest BCUT2D eigenvalue weighted by atomic mass is 10.2. The van der Waals surface area contributed by atoms with Crippen LogP contribution in [-0.2, 0) is 4.74 Å². The first kappa shape index (κ1) is 20.4. The molecular formula is C15H20F3N3O4. The van der Waals surface area contributed by atoms with E-state index in [-0.39, 0.29) is 24.5 Å². The summed E-state index contributed by atoms with van der Waals surface area (Å²) in [5.41, 5.74) is -0.330. The monoisotopic (exact) mass is 363 g/mol. The molecule has 0 fully saturated rings. The van der Waals surface area contributed by atoms with E-state index in [1.54, 1.807) is 20.8 Å². The third-order valence-corrected chi connectivity index (χ3v) is 2.42. The van der Waals surface area contributed by atoms with Crippen molar-refractivity contribution < 1.29 is 32.2 Å². The van der Waals surface area contributed by atoms with E-state index in [0.29, 0.717) is 0 Å². The third-order valence-electron chi connectivity index (χ3n) is 2.42. The second-order valence-electron chi connectivity index (χ2n) is 5.88. The fraction of sp³-hybridized carbons (Fsp3) is 0.467. The number of alkyl carbamates (subject to hydrolysis) is 1. The zero-order valence-electron chi connectivity index (χ0n) is 14.0. The van der Waals surface area contributed by atoms with Crippen LogP contribution in [0.15, 0.2) is 24.3 Å². The molecule has 0 spiro atoms. The van der Waals surface area contributed by atoms with E-state index in [1.807, 2.05) is 0 Å². The van der Waals surface area contributed by atoms with Gasteiger partial charge in [-0.15, -0.1) is 13.2 Å². The first-order chi connectivity index (χ1) is 11.4. The Balaban J connectivity index is 2.29. The summed E-state index contributed by atoms with van der Waals surface area (Å²) in [7, 11) is 0. The number of carbonyl (C=O) groups excluding carboxylic acids is 2. The second-order valence-corrected chi connectivity index (χ2v) is 5.88. The van der Waals surface area contributed by atoms with Gasteiger partial charge < -0.3 is 25.4 Å². The van der Waals surface area contributed by atoms with Crippen molar-refractivity contribution in [3.8, 4) is 5.75 Å². The van der Waals surface area contributed by atoms with Crippen LogP contribution in [0.5, 0.6) is 5.75 Å². The summed E-state index contributed by atoms with van der Waals surface area (Å²) < 4.78 is 44.8. The molecule has 10 heteroatoms. The molecule has 0 bridgehead atoms. The van der Waals surface area contributed by atoms with Crippen molar-refractivity contribution in [3.05, 3.63) is 24.3 Å². The maximum absolute atomic E-state index is 12.0. The molecular weight excluding hydrogens is 343 g/mol. The fourth-order valence-corrected chi connectivity index (χ4v) is 1.57. The summed E-state index contributed by atoms with van der Waals surface area (Å²) in [4.78, 5) is 23.0. The lowest BCUT2D eigenvalue weighted by Gasteiger charge is -2.19. The van der Waals surface area contributed by atoms with Crippen LogP contribution in [0.1, 0.15) is 20.8 Å². The number of ether oxygens (including phenoxy) is 2. The number of rotatable bonds is 5. The van der Waals surface area contributed by atoms with E-state index in [4.69, 9.17) is 4.74 Å². The Morgan fingerprint density at radius 1 is 1.00 bits per heavy atom. The summed E-state index contributed by atoms with van der Waals surface area (Å²) in [5, 5.41) is 7.36. The SMILES string of the molecule is CC(C)(C)OC(=O)NCCNC(=O)Nc1ccc(OC(F)(F)F)cc1. The molecule has 1 aromatic carbocycles. The average molecular weight is 363 g/mol. The van der Waals surface area contributed by atoms with Crippen LogP contribution < -0.4 is 20.7 Å². The largest absolute Gasteiger partial charge is 0.573 e. The van der Waals surface area contributed by atoms with E-state index >= 15 is 0 Å². The van der Waals surface area contributed by atoms with Crippen molar-refractivity contribution in [2.45, 2.75) is 32.7 Å². The van der Waals surface area contributed by atoms with E-state index in [9.17, 15) is 22.8 Å². The summed E-state index contributed by atoms with van der Waals surface area (Å²) in [6, 6.07) is 4.11. The van der Waals surface area contributed by atoms with E-state index in [1.165, 1.54) is 12.1 Å². The van der Waals surface area contributed by atoms with E-state index in [0.717, 1.165) is 12.1 Å². The average Bonchev–Trinajstić information content (AvgIpc) is 2.42. The Morgan fingerprint density at radius 2 is 1.56 bits per heavy atom. The Kier molecular flexibility index (Phi) is 6.89. The highest BCUT2D eigenvalue weighted by Crippen LogP contribution is 2.23. The number of alkyl halides is 3. The minimum Gasteiger partial charge on any atom is -0.444 e. The number of urea groups is 1. The Hall–Kier alpha value is -2.65. The summed E-state index contributed by atoms with van der Waals surface area (Å²) in [6.45, 7) is 5.47. The van der Waals surface area contributed by atoms with Gasteiger partial charge in [0, 0.05) is 18.8 Å². The van der Waals surface area contributed by atoms with Gasteiger partial charge in [-0.05, 0) is 45.0 Å². The lowest BCUT2D eigenvalue weighted by molar-refractivity contribution is -0.274. The molecule has 0 aliphatic carbocycles. The van der Waals surface area contributed by atoms with Crippen LogP contribution >= 0.6 is 0 Å². The zero-order valence-corrected chi connectivity index (χ0v) is 14.0. The van der Waals surface area contributed by atoms with Gasteiger partial charge >= 0.3 is 18.5 Å². The van der Waals surface area contributed by atoms with Crippen molar-refractivity contribution in [2.75, 3.05) is 18.4 Å². The van der Waals surface area contributed by atoms with E-state index in [2.05, 4.69) is 20.7 Å². The van der Waals surface area contributed by atoms with Gasteiger partial charge in [0.2, 0.25) is 0 Å². The van der Waals surface area contributed by atoms with Gasteiger partial charge in [-0.25, -0.2) is 9.59 Å². The number of nitrogens with one attached hydrogen (secondary N) is 3. The van der Waals surface area contributed by atoms with Gasteiger partial charge in [-0.1, -0.05) is 0 Å². The highest BCUT2D eigenvalue weighted by molar-refractivity contribution is 5.89. The molecule has 0 unspecified atom stereocenters. The molecule has 0 saturated carbocycles. The first-order valence-corrected chi connectivity index (χ1v) is 7.32. The maximum Gasteiger partial charge on any atom is 0.573 e. The molecule has 140 valence electrons. The van der Waals surface area contributed by atoms with Crippen molar-refractivity contribution in [2.24, 2.45) is 0 Å². The van der Waals surface area contributed by atoms with Crippen molar-refractivity contribution in [3.63, 3.8) is 0 Å². The molecule has 0 atom stereocenters. The number of benzene rings is 1. The standard InChI is InChI=1S/C15H20F3N3O4/c1-14(2,3)25-13(23)20-9-8-19-12(22)21-10-4-6-11(7-5-10)24-15(16,17)18/h4-7H,8-9H2,1-3H3,(H,20,23)(H2,19,21,22). The van der Waals surface area contributed by atoms with Crippen LogP contribution in [0, 0.1) is 0 Å². The molecule has 0 heterocycles. The Bertz CT molecular complexity index is 583. The quantitative estimate of drug-likeness (QED) is 0.701. The van der Waals surface area contributed by atoms with Crippen LogP contribution in [0.2, 0.25) is 0 Å². The molecule has 0 aliphatic heterocycles. The van der Waals surface area contributed by atoms with Crippen LogP contribution in [-0.4, -0.2) is 37.2 Å². The summed E-state index contributed by atoms with van der Waals surface area (Å²) >= 11 is 0. The first-order valence-electron chi connectivity index (χ1n) is 7.32. The lowest BCUT2D eigenvalue weighted by Crippen LogP contribution is -2.39. The van der Waals surface area contributed by atoms with Gasteiger partial charge in [0.25, 0.3) is 0 Å². The molecule has 1 aromatic rings. The Labute approximate surface area is 142 Å². The summed E-state index contributed by atoms with van der Waals surface area (Å²) in [6.07, 6.45) is -5.37. The molecule has 1 rings (SSSR count). The molecule has 0 radical (unpaired) electrons. The molecule has 0 aromatic heterocycles. The maximum atomic E-state index is 12.0. The molecule has 7 nitrogen and oxygen atoms in total. The molecule has 0 aliphatic rings. The number of carbonyl (C=O) groups is 2.